The van der Waals surface area contributed by atoms with Crippen LogP contribution in [0, 0.1) is 0 Å². The van der Waals surface area contributed by atoms with Gasteiger partial charge in [-0.1, -0.05) is 109 Å². The standard InChI is InChI=1S/C34H37N3O5S/c1-42-32-21-13-12-20-30(32)23-35-34(39)31(22-27-14-6-3-7-15-27)37(25-29-18-10-5-11-19-29)33(38)26-36(43(2,40)41)24-28-16-8-4-9-17-28/h3-21,31H,22-26H2,1-2H3,(H,35,39)/t31-/m1/s1. The number of methoxy groups -OCH3 is 1. The van der Waals surface area contributed by atoms with E-state index in [2.05, 4.69) is 5.32 Å². The van der Waals surface area contributed by atoms with Crippen molar-refractivity contribution in [3.63, 3.8) is 0 Å². The molecule has 4 aromatic carbocycles. The van der Waals surface area contributed by atoms with Gasteiger partial charge in [-0.15, -0.1) is 0 Å². The fraction of sp³-hybridized carbons (Fsp3) is 0.235. The molecule has 43 heavy (non-hydrogen) atoms. The molecule has 0 heterocycles. The van der Waals surface area contributed by atoms with Gasteiger partial charge in [0.2, 0.25) is 21.8 Å². The van der Waals surface area contributed by atoms with E-state index in [-0.39, 0.29) is 32.0 Å². The van der Waals surface area contributed by atoms with Crippen molar-refractivity contribution in [2.75, 3.05) is 19.9 Å². The molecule has 2 amide bonds. The Balaban J connectivity index is 1.67. The van der Waals surface area contributed by atoms with Gasteiger partial charge in [-0.3, -0.25) is 9.59 Å². The predicted octanol–water partition coefficient (Wildman–Crippen LogP) is 4.41. The molecule has 224 valence electrons. The maximum Gasteiger partial charge on any atom is 0.243 e. The summed E-state index contributed by atoms with van der Waals surface area (Å²) in [5.41, 5.74) is 3.24. The van der Waals surface area contributed by atoms with Crippen LogP contribution in [0.3, 0.4) is 0 Å². The number of hydrogen-bond acceptors (Lipinski definition) is 5. The average Bonchev–Trinajstić information content (AvgIpc) is 3.02. The van der Waals surface area contributed by atoms with Crippen molar-refractivity contribution in [2.45, 2.75) is 32.1 Å². The third kappa shape index (κ3) is 9.26. The molecule has 8 nitrogen and oxygen atoms in total. The molecule has 0 spiro atoms. The lowest BCUT2D eigenvalue weighted by Gasteiger charge is -2.33. The molecule has 0 saturated carbocycles. The van der Waals surface area contributed by atoms with Crippen LogP contribution in [0.25, 0.3) is 0 Å². The van der Waals surface area contributed by atoms with Crippen molar-refractivity contribution in [2.24, 2.45) is 0 Å². The van der Waals surface area contributed by atoms with E-state index in [1.165, 1.54) is 4.90 Å². The molecule has 0 aliphatic carbocycles. The fourth-order valence-corrected chi connectivity index (χ4v) is 5.53. The van der Waals surface area contributed by atoms with Crippen LogP contribution in [0.4, 0.5) is 0 Å². The molecule has 0 unspecified atom stereocenters. The Kier molecular flexibility index (Phi) is 11.1. The number of nitrogens with zero attached hydrogens (tertiary/aromatic N) is 2. The molecule has 0 saturated heterocycles. The first kappa shape index (κ1) is 31.5. The highest BCUT2D eigenvalue weighted by molar-refractivity contribution is 7.88. The van der Waals surface area contributed by atoms with E-state index in [1.807, 2.05) is 115 Å². The van der Waals surface area contributed by atoms with E-state index < -0.39 is 28.5 Å². The Morgan fingerprint density at radius 3 is 1.81 bits per heavy atom. The van der Waals surface area contributed by atoms with Crippen LogP contribution in [-0.2, 0) is 45.7 Å². The number of ether oxygens (including phenoxy) is 1. The highest BCUT2D eigenvalue weighted by Gasteiger charge is 2.33. The molecule has 0 aliphatic heterocycles. The molecule has 9 heteroatoms. The van der Waals surface area contributed by atoms with E-state index >= 15 is 0 Å². The van der Waals surface area contributed by atoms with Crippen molar-refractivity contribution in [1.29, 1.82) is 0 Å². The molecule has 0 aliphatic rings. The van der Waals surface area contributed by atoms with E-state index in [0.29, 0.717) is 5.75 Å². The summed E-state index contributed by atoms with van der Waals surface area (Å²) in [6, 6.07) is 34.4. The van der Waals surface area contributed by atoms with Crippen molar-refractivity contribution in [3.05, 3.63) is 138 Å². The summed E-state index contributed by atoms with van der Waals surface area (Å²) >= 11 is 0. The van der Waals surface area contributed by atoms with Gasteiger partial charge in [-0.2, -0.15) is 4.31 Å². The molecule has 0 radical (unpaired) electrons. The van der Waals surface area contributed by atoms with Gasteiger partial charge in [0.25, 0.3) is 0 Å². The zero-order valence-corrected chi connectivity index (χ0v) is 25.2. The lowest BCUT2D eigenvalue weighted by Crippen LogP contribution is -2.53. The summed E-state index contributed by atoms with van der Waals surface area (Å²) in [7, 11) is -2.18. The fourth-order valence-electron chi connectivity index (χ4n) is 4.80. The van der Waals surface area contributed by atoms with Crippen LogP contribution in [0.15, 0.2) is 115 Å². The maximum absolute atomic E-state index is 14.1. The van der Waals surface area contributed by atoms with Crippen LogP contribution < -0.4 is 10.1 Å². The van der Waals surface area contributed by atoms with Gasteiger partial charge < -0.3 is 15.0 Å². The number of carbonyl (C=O) groups is 2. The Morgan fingerprint density at radius 2 is 1.26 bits per heavy atom. The molecule has 0 bridgehead atoms. The Morgan fingerprint density at radius 1 is 0.744 bits per heavy atom. The second kappa shape index (κ2) is 15.1. The van der Waals surface area contributed by atoms with Gasteiger partial charge >= 0.3 is 0 Å². The van der Waals surface area contributed by atoms with E-state index in [4.69, 9.17) is 4.74 Å². The Bertz CT molecular complexity index is 1580. The van der Waals surface area contributed by atoms with Crippen LogP contribution in [-0.4, -0.2) is 55.4 Å². The molecular formula is C34H37N3O5S. The topological polar surface area (TPSA) is 96.0 Å². The molecule has 0 fully saturated rings. The van der Waals surface area contributed by atoms with E-state index in [1.54, 1.807) is 7.11 Å². The lowest BCUT2D eigenvalue weighted by atomic mass is 10.0. The smallest absolute Gasteiger partial charge is 0.243 e. The zero-order valence-electron chi connectivity index (χ0n) is 24.4. The number of carbonyl (C=O) groups excluding carboxylic acids is 2. The third-order valence-corrected chi connectivity index (χ3v) is 8.29. The molecule has 1 N–H and O–H groups in total. The van der Waals surface area contributed by atoms with Gasteiger partial charge in [0.15, 0.2) is 0 Å². The minimum Gasteiger partial charge on any atom is -0.496 e. The first-order chi connectivity index (χ1) is 20.7. The summed E-state index contributed by atoms with van der Waals surface area (Å²) in [5, 5.41) is 2.99. The average molecular weight is 600 g/mol. The number of sulfonamides is 1. The van der Waals surface area contributed by atoms with Crippen molar-refractivity contribution in [3.8, 4) is 5.75 Å². The highest BCUT2D eigenvalue weighted by atomic mass is 32.2. The number of amides is 2. The second-order valence-electron chi connectivity index (χ2n) is 10.3. The quantitative estimate of drug-likeness (QED) is 0.232. The molecular weight excluding hydrogens is 562 g/mol. The molecule has 4 rings (SSSR count). The first-order valence-electron chi connectivity index (χ1n) is 14.0. The number of hydrogen-bond donors (Lipinski definition) is 1. The van der Waals surface area contributed by atoms with Crippen LogP contribution >= 0.6 is 0 Å². The van der Waals surface area contributed by atoms with Crippen molar-refractivity contribution in [1.82, 2.24) is 14.5 Å². The van der Waals surface area contributed by atoms with E-state index in [9.17, 15) is 18.0 Å². The monoisotopic (exact) mass is 599 g/mol. The van der Waals surface area contributed by atoms with Gasteiger partial charge in [0.1, 0.15) is 11.8 Å². The normalized spacial score (nSPS) is 12.0. The highest BCUT2D eigenvalue weighted by Crippen LogP contribution is 2.19. The summed E-state index contributed by atoms with van der Waals surface area (Å²) in [4.78, 5) is 29.6. The SMILES string of the molecule is COc1ccccc1CNC(=O)[C@@H](Cc1ccccc1)N(Cc1ccccc1)C(=O)CN(Cc1ccccc1)S(C)(=O)=O. The van der Waals surface area contributed by atoms with Crippen LogP contribution in [0.1, 0.15) is 22.3 Å². The van der Waals surface area contributed by atoms with Crippen LogP contribution in [0.2, 0.25) is 0 Å². The Labute approximate surface area is 254 Å². The van der Waals surface area contributed by atoms with Crippen LogP contribution in [0.5, 0.6) is 5.75 Å². The summed E-state index contributed by atoms with van der Waals surface area (Å²) in [6.07, 6.45) is 1.33. The largest absolute Gasteiger partial charge is 0.496 e. The van der Waals surface area contributed by atoms with Crippen molar-refractivity contribution < 1.29 is 22.7 Å². The first-order valence-corrected chi connectivity index (χ1v) is 15.9. The molecule has 0 aromatic heterocycles. The maximum atomic E-state index is 14.1. The van der Waals surface area contributed by atoms with Gasteiger partial charge in [0.05, 0.1) is 19.9 Å². The number of rotatable bonds is 14. The van der Waals surface area contributed by atoms with Gasteiger partial charge in [-0.05, 0) is 22.8 Å². The predicted molar refractivity (Wildman–Crippen MR) is 167 cm³/mol. The van der Waals surface area contributed by atoms with Crippen molar-refractivity contribution >= 4 is 21.8 Å². The van der Waals surface area contributed by atoms with Gasteiger partial charge in [-0.25, -0.2) is 8.42 Å². The van der Waals surface area contributed by atoms with E-state index in [0.717, 1.165) is 32.8 Å². The lowest BCUT2D eigenvalue weighted by molar-refractivity contribution is -0.141. The summed E-state index contributed by atoms with van der Waals surface area (Å²) in [5.74, 6) is -0.184. The summed E-state index contributed by atoms with van der Waals surface area (Å²) in [6.45, 7) is -0.0489. The zero-order chi connectivity index (χ0) is 30.7. The minimum absolute atomic E-state index is 0.0357. The molecule has 1 atom stereocenters. The third-order valence-electron chi connectivity index (χ3n) is 7.09. The minimum atomic E-state index is -3.75. The molecule has 4 aromatic rings. The second-order valence-corrected chi connectivity index (χ2v) is 12.2. The Hall–Kier alpha value is -4.47. The number of para-hydroxylation sites is 1. The van der Waals surface area contributed by atoms with Gasteiger partial charge in [0, 0.05) is 31.6 Å². The summed E-state index contributed by atoms with van der Waals surface area (Å²) < 4.78 is 32.3. The number of benzene rings is 4. The number of nitrogens with one attached hydrogen (secondary N) is 1.